The number of nitrogens with zero attached hydrogens (tertiary/aromatic N) is 1. The van der Waals surface area contributed by atoms with E-state index < -0.39 is 5.60 Å². The van der Waals surface area contributed by atoms with Crippen LogP contribution in [0.4, 0.5) is 5.69 Å². The molecule has 3 rings (SSSR count). The zero-order chi connectivity index (χ0) is 20.1. The van der Waals surface area contributed by atoms with E-state index in [9.17, 15) is 9.90 Å². The first-order valence-corrected chi connectivity index (χ1v) is 9.62. The lowest BCUT2D eigenvalue weighted by Gasteiger charge is -2.30. The van der Waals surface area contributed by atoms with Crippen molar-refractivity contribution < 1.29 is 9.90 Å². The van der Waals surface area contributed by atoms with Crippen LogP contribution in [0.1, 0.15) is 44.9 Å². The monoisotopic (exact) mass is 377 g/mol. The minimum Gasteiger partial charge on any atom is -0.379 e. The molecule has 3 N–H and O–H groups in total. The van der Waals surface area contributed by atoms with Crippen molar-refractivity contribution in [1.29, 1.82) is 0 Å². The minimum absolute atomic E-state index is 0.0952. The maximum absolute atomic E-state index is 11.5. The quantitative estimate of drug-likeness (QED) is 0.558. The standard InChI is InChI=1S/C23H27N3O2/c1-4-16(2)13-23(28,22-14-24-15-25-22)20-10-8-18(9-11-20)19-6-5-7-21(12-19)26-17(3)27/h5-12,14-16,28H,4,13H2,1-3H3,(H,24,25)(H,26,27). The number of carbonyl (C=O) groups is 1. The summed E-state index contributed by atoms with van der Waals surface area (Å²) < 4.78 is 0. The molecule has 5 nitrogen and oxygen atoms in total. The highest BCUT2D eigenvalue weighted by molar-refractivity contribution is 5.89. The summed E-state index contributed by atoms with van der Waals surface area (Å²) in [4.78, 5) is 18.5. The van der Waals surface area contributed by atoms with E-state index in [2.05, 4.69) is 29.1 Å². The van der Waals surface area contributed by atoms with Crippen LogP contribution >= 0.6 is 0 Å². The van der Waals surface area contributed by atoms with Crippen molar-refractivity contribution >= 4 is 11.6 Å². The van der Waals surface area contributed by atoms with E-state index in [0.29, 0.717) is 18.0 Å². The second-order valence-electron chi connectivity index (χ2n) is 7.38. The second kappa shape index (κ2) is 8.40. The van der Waals surface area contributed by atoms with Crippen molar-refractivity contribution in [3.63, 3.8) is 0 Å². The number of benzene rings is 2. The van der Waals surface area contributed by atoms with E-state index in [4.69, 9.17) is 0 Å². The molecule has 2 atom stereocenters. The fourth-order valence-electron chi connectivity index (χ4n) is 3.43. The molecular formula is C23H27N3O2. The Hall–Kier alpha value is -2.92. The highest BCUT2D eigenvalue weighted by atomic mass is 16.3. The number of aromatic nitrogens is 2. The molecule has 0 spiro atoms. The van der Waals surface area contributed by atoms with E-state index >= 15 is 0 Å². The summed E-state index contributed by atoms with van der Waals surface area (Å²) in [5, 5.41) is 14.3. The van der Waals surface area contributed by atoms with Gasteiger partial charge in [0.05, 0.1) is 18.2 Å². The fraction of sp³-hybridized carbons (Fsp3) is 0.304. The Balaban J connectivity index is 1.93. The number of hydrogen-bond acceptors (Lipinski definition) is 3. The third-order valence-corrected chi connectivity index (χ3v) is 5.16. The van der Waals surface area contributed by atoms with Gasteiger partial charge in [0.15, 0.2) is 0 Å². The predicted octanol–water partition coefficient (Wildman–Crippen LogP) is 4.71. The SMILES string of the molecule is CCC(C)CC(O)(c1ccc(-c2cccc(NC(C)=O)c2)cc1)c1cnc[nH]1. The van der Waals surface area contributed by atoms with Crippen LogP contribution < -0.4 is 5.32 Å². The molecule has 0 aliphatic rings. The number of aromatic amines is 1. The van der Waals surface area contributed by atoms with Gasteiger partial charge in [-0.15, -0.1) is 0 Å². The Morgan fingerprint density at radius 3 is 2.57 bits per heavy atom. The van der Waals surface area contributed by atoms with Crippen molar-refractivity contribution in [1.82, 2.24) is 9.97 Å². The largest absolute Gasteiger partial charge is 0.379 e. The highest BCUT2D eigenvalue weighted by Gasteiger charge is 2.34. The number of H-pyrrole nitrogens is 1. The average Bonchev–Trinajstić information content (AvgIpc) is 3.23. The Labute approximate surface area is 165 Å². The highest BCUT2D eigenvalue weighted by Crippen LogP contribution is 2.36. The van der Waals surface area contributed by atoms with Crippen LogP contribution in [0.5, 0.6) is 0 Å². The zero-order valence-electron chi connectivity index (χ0n) is 16.6. The molecule has 0 aliphatic heterocycles. The lowest BCUT2D eigenvalue weighted by molar-refractivity contribution is -0.114. The zero-order valence-corrected chi connectivity index (χ0v) is 16.6. The fourth-order valence-corrected chi connectivity index (χ4v) is 3.43. The molecular weight excluding hydrogens is 350 g/mol. The summed E-state index contributed by atoms with van der Waals surface area (Å²) in [6.07, 6.45) is 4.89. The van der Waals surface area contributed by atoms with Crippen molar-refractivity contribution in [3.8, 4) is 11.1 Å². The van der Waals surface area contributed by atoms with Gasteiger partial charge < -0.3 is 15.4 Å². The number of amides is 1. The van der Waals surface area contributed by atoms with E-state index in [1.165, 1.54) is 6.92 Å². The summed E-state index contributed by atoms with van der Waals surface area (Å²) in [7, 11) is 0. The van der Waals surface area contributed by atoms with Crippen molar-refractivity contribution in [2.24, 2.45) is 5.92 Å². The molecule has 0 bridgehead atoms. The molecule has 0 radical (unpaired) electrons. The number of carbonyl (C=O) groups excluding carboxylic acids is 1. The van der Waals surface area contributed by atoms with Gasteiger partial charge in [-0.05, 0) is 41.2 Å². The third kappa shape index (κ3) is 4.31. The summed E-state index contributed by atoms with van der Waals surface area (Å²) in [5.74, 6) is 0.268. The minimum atomic E-state index is -1.11. The van der Waals surface area contributed by atoms with Gasteiger partial charge in [0.25, 0.3) is 0 Å². The molecule has 0 aliphatic carbocycles. The first-order valence-electron chi connectivity index (χ1n) is 9.62. The average molecular weight is 377 g/mol. The van der Waals surface area contributed by atoms with Crippen LogP contribution in [0.15, 0.2) is 61.1 Å². The second-order valence-corrected chi connectivity index (χ2v) is 7.38. The smallest absolute Gasteiger partial charge is 0.221 e. The Morgan fingerprint density at radius 1 is 1.21 bits per heavy atom. The number of rotatable bonds is 7. The number of nitrogens with one attached hydrogen (secondary N) is 2. The van der Waals surface area contributed by atoms with Gasteiger partial charge in [-0.1, -0.05) is 56.7 Å². The summed E-state index contributed by atoms with van der Waals surface area (Å²) in [6.45, 7) is 5.77. The molecule has 3 aromatic rings. The van der Waals surface area contributed by atoms with Crippen LogP contribution in [0, 0.1) is 5.92 Å². The molecule has 0 fully saturated rings. The Bertz CT molecular complexity index is 919. The molecule has 2 aromatic carbocycles. The van der Waals surface area contributed by atoms with Gasteiger partial charge >= 0.3 is 0 Å². The van der Waals surface area contributed by atoms with Crippen molar-refractivity contribution in [2.75, 3.05) is 5.32 Å². The van der Waals surface area contributed by atoms with E-state index in [-0.39, 0.29) is 5.91 Å². The van der Waals surface area contributed by atoms with E-state index in [1.54, 1.807) is 12.5 Å². The van der Waals surface area contributed by atoms with Gasteiger partial charge in [0, 0.05) is 12.6 Å². The topological polar surface area (TPSA) is 78.0 Å². The van der Waals surface area contributed by atoms with Crippen LogP contribution in [0.25, 0.3) is 11.1 Å². The van der Waals surface area contributed by atoms with Gasteiger partial charge in [-0.3, -0.25) is 4.79 Å². The molecule has 28 heavy (non-hydrogen) atoms. The molecule has 5 heteroatoms. The first-order chi connectivity index (χ1) is 13.4. The lowest BCUT2D eigenvalue weighted by atomic mass is 9.81. The van der Waals surface area contributed by atoms with Crippen LogP contribution in [-0.4, -0.2) is 21.0 Å². The number of hydrogen-bond donors (Lipinski definition) is 3. The molecule has 0 saturated heterocycles. The van der Waals surface area contributed by atoms with Gasteiger partial charge in [-0.2, -0.15) is 0 Å². The number of anilines is 1. The maximum atomic E-state index is 11.5. The van der Waals surface area contributed by atoms with Gasteiger partial charge in [-0.25, -0.2) is 4.98 Å². The van der Waals surface area contributed by atoms with Crippen LogP contribution in [0.2, 0.25) is 0 Å². The van der Waals surface area contributed by atoms with E-state index in [1.807, 2.05) is 48.5 Å². The summed E-state index contributed by atoms with van der Waals surface area (Å²) in [6, 6.07) is 15.6. The van der Waals surface area contributed by atoms with Crippen molar-refractivity contribution in [3.05, 3.63) is 72.3 Å². The van der Waals surface area contributed by atoms with Gasteiger partial charge in [0.1, 0.15) is 5.60 Å². The molecule has 0 saturated carbocycles. The molecule has 1 amide bonds. The first kappa shape index (κ1) is 19.8. The Morgan fingerprint density at radius 2 is 1.96 bits per heavy atom. The maximum Gasteiger partial charge on any atom is 0.221 e. The molecule has 2 unspecified atom stereocenters. The predicted molar refractivity (Wildman–Crippen MR) is 112 cm³/mol. The molecule has 146 valence electrons. The normalized spacial score (nSPS) is 14.3. The van der Waals surface area contributed by atoms with Crippen molar-refractivity contribution in [2.45, 2.75) is 39.2 Å². The molecule has 1 aromatic heterocycles. The number of imidazole rings is 1. The third-order valence-electron chi connectivity index (χ3n) is 5.16. The van der Waals surface area contributed by atoms with E-state index in [0.717, 1.165) is 28.8 Å². The Kier molecular flexibility index (Phi) is 5.95. The van der Waals surface area contributed by atoms with Crippen LogP contribution in [0.3, 0.4) is 0 Å². The number of aliphatic hydroxyl groups is 1. The molecule has 1 heterocycles. The van der Waals surface area contributed by atoms with Crippen LogP contribution in [-0.2, 0) is 10.4 Å². The van der Waals surface area contributed by atoms with Gasteiger partial charge in [0.2, 0.25) is 5.91 Å². The lowest BCUT2D eigenvalue weighted by Crippen LogP contribution is -2.30. The summed E-state index contributed by atoms with van der Waals surface area (Å²) >= 11 is 0. The summed E-state index contributed by atoms with van der Waals surface area (Å²) in [5.41, 5.74) is 3.21.